The second kappa shape index (κ2) is 14.4. The Hall–Kier alpha value is -3.96. The smallest absolute Gasteiger partial charge is 0.329 e. The van der Waals surface area contributed by atoms with Gasteiger partial charge in [0, 0.05) is 12.8 Å². The van der Waals surface area contributed by atoms with E-state index in [0.717, 1.165) is 48.7 Å². The predicted molar refractivity (Wildman–Crippen MR) is 169 cm³/mol. The summed E-state index contributed by atoms with van der Waals surface area (Å²) in [6, 6.07) is 4.68. The van der Waals surface area contributed by atoms with E-state index in [2.05, 4.69) is 29.4 Å². The zero-order valence-electron chi connectivity index (χ0n) is 25.0. The largest absolute Gasteiger partial charge is 0.458 e. The second-order valence-corrected chi connectivity index (χ2v) is 14.7. The number of benzene rings is 1. The number of carbonyl (C=O) groups is 4. The molecule has 45 heavy (non-hydrogen) atoms. The van der Waals surface area contributed by atoms with Crippen LogP contribution in [0.1, 0.15) is 75.4 Å². The van der Waals surface area contributed by atoms with E-state index in [0.29, 0.717) is 5.52 Å². The Morgan fingerprint density at radius 2 is 1.78 bits per heavy atom. The maximum atomic E-state index is 13.3. The van der Waals surface area contributed by atoms with Gasteiger partial charge in [-0.15, -0.1) is 11.3 Å². The standard InChI is InChI=1S/C28H35N7O7S3/c1-28(2,3)42-26(39)19(11-12-21(36)31-27(29)32-22(37)15-16-7-4-5-8-16)30-25(38)24-18(13-14-43-24)35-45(40,41)20-10-6-9-17-23(20)34-44-33-17/h6,9-10,13-14,16,19,35H,4-5,7-8,11-12,15H2,1-3H3,(H,30,38)(H3,29,31,32,36,37)/t19-/m0/s1. The van der Waals surface area contributed by atoms with Crippen LogP contribution in [0, 0.1) is 11.3 Å². The summed E-state index contributed by atoms with van der Waals surface area (Å²) in [6.45, 7) is 4.95. The number of fused-ring (bicyclic) bond motifs is 1. The van der Waals surface area contributed by atoms with Crippen molar-refractivity contribution >= 4 is 79.5 Å². The number of hydrogen-bond acceptors (Lipinski definition) is 12. The number of rotatable bonds is 11. The topological polar surface area (TPSA) is 209 Å². The normalized spacial score (nSPS) is 14.5. The van der Waals surface area contributed by atoms with Crippen molar-refractivity contribution in [3.05, 3.63) is 34.5 Å². The van der Waals surface area contributed by atoms with Crippen LogP contribution in [0.15, 0.2) is 34.5 Å². The summed E-state index contributed by atoms with van der Waals surface area (Å²) in [5, 5.41) is 16.6. The Morgan fingerprint density at radius 3 is 2.49 bits per heavy atom. The minimum atomic E-state index is -4.17. The van der Waals surface area contributed by atoms with Gasteiger partial charge < -0.3 is 10.1 Å². The van der Waals surface area contributed by atoms with Crippen molar-refractivity contribution in [1.82, 2.24) is 24.7 Å². The van der Waals surface area contributed by atoms with E-state index in [1.807, 2.05) is 0 Å². The monoisotopic (exact) mass is 677 g/mol. The fraction of sp³-hybridized carbons (Fsp3) is 0.464. The molecule has 242 valence electrons. The van der Waals surface area contributed by atoms with Crippen molar-refractivity contribution in [3.8, 4) is 0 Å². The van der Waals surface area contributed by atoms with E-state index < -0.39 is 45.4 Å². The number of anilines is 1. The lowest BCUT2D eigenvalue weighted by atomic mass is 10.0. The third kappa shape index (κ3) is 9.51. The number of sulfonamides is 1. The molecule has 4 rings (SSSR count). The molecule has 0 bridgehead atoms. The molecule has 2 aromatic heterocycles. The molecule has 2 heterocycles. The van der Waals surface area contributed by atoms with Crippen molar-refractivity contribution in [2.45, 2.75) is 82.3 Å². The van der Waals surface area contributed by atoms with Crippen molar-refractivity contribution in [2.75, 3.05) is 4.72 Å². The maximum Gasteiger partial charge on any atom is 0.329 e. The van der Waals surface area contributed by atoms with Crippen LogP contribution < -0.4 is 20.7 Å². The maximum absolute atomic E-state index is 13.3. The third-order valence-electron chi connectivity index (χ3n) is 6.79. The number of amides is 3. The summed E-state index contributed by atoms with van der Waals surface area (Å²) in [4.78, 5) is 51.0. The van der Waals surface area contributed by atoms with Crippen LogP contribution in [-0.4, -0.2) is 58.5 Å². The molecule has 0 spiro atoms. The van der Waals surface area contributed by atoms with Crippen LogP contribution >= 0.6 is 23.1 Å². The van der Waals surface area contributed by atoms with Gasteiger partial charge in [-0.1, -0.05) is 18.9 Å². The van der Waals surface area contributed by atoms with E-state index in [4.69, 9.17) is 10.1 Å². The fourth-order valence-corrected chi connectivity index (χ4v) is 7.44. The summed E-state index contributed by atoms with van der Waals surface area (Å²) in [5.74, 6) is -2.77. The van der Waals surface area contributed by atoms with E-state index in [9.17, 15) is 27.6 Å². The first-order chi connectivity index (χ1) is 21.2. The van der Waals surface area contributed by atoms with Crippen molar-refractivity contribution in [1.29, 1.82) is 5.41 Å². The quantitative estimate of drug-likeness (QED) is 0.114. The van der Waals surface area contributed by atoms with Gasteiger partial charge in [-0.3, -0.25) is 35.1 Å². The molecule has 14 nitrogen and oxygen atoms in total. The number of nitrogens with one attached hydrogen (secondary N) is 5. The molecular weight excluding hydrogens is 643 g/mol. The summed E-state index contributed by atoms with van der Waals surface area (Å²) in [7, 11) is -4.17. The number of aromatic nitrogens is 2. The number of ether oxygens (including phenoxy) is 1. The van der Waals surface area contributed by atoms with E-state index >= 15 is 0 Å². The van der Waals surface area contributed by atoms with Gasteiger partial charge in [-0.05, 0) is 69.5 Å². The Balaban J connectivity index is 1.40. The van der Waals surface area contributed by atoms with Crippen LogP contribution in [-0.2, 0) is 29.1 Å². The van der Waals surface area contributed by atoms with Gasteiger partial charge in [0.25, 0.3) is 15.9 Å². The van der Waals surface area contributed by atoms with Crippen LogP contribution in [0.25, 0.3) is 11.0 Å². The minimum Gasteiger partial charge on any atom is -0.458 e. The highest BCUT2D eigenvalue weighted by atomic mass is 32.2. The predicted octanol–water partition coefficient (Wildman–Crippen LogP) is 3.52. The average Bonchev–Trinajstić information content (AvgIpc) is 3.71. The number of thiophene rings is 1. The Bertz CT molecular complexity index is 1690. The first-order valence-corrected chi connectivity index (χ1v) is 17.3. The number of esters is 1. The number of nitrogens with zero attached hydrogens (tertiary/aromatic N) is 2. The Morgan fingerprint density at radius 1 is 1.07 bits per heavy atom. The summed E-state index contributed by atoms with van der Waals surface area (Å²) in [5.41, 5.74) is -0.304. The third-order valence-corrected chi connectivity index (χ3v) is 9.64. The molecule has 0 saturated heterocycles. The molecule has 0 radical (unpaired) electrons. The van der Waals surface area contributed by atoms with Gasteiger partial charge in [-0.2, -0.15) is 8.75 Å². The first kappa shape index (κ1) is 33.9. The zero-order valence-corrected chi connectivity index (χ0v) is 27.4. The van der Waals surface area contributed by atoms with Gasteiger partial charge in [0.1, 0.15) is 32.4 Å². The molecule has 3 aromatic rings. The number of carbonyl (C=O) groups excluding carboxylic acids is 4. The Kier molecular flexibility index (Phi) is 10.9. The molecule has 1 saturated carbocycles. The number of hydrogen-bond donors (Lipinski definition) is 5. The highest BCUT2D eigenvalue weighted by Gasteiger charge is 2.30. The van der Waals surface area contributed by atoms with Gasteiger partial charge in [0.05, 0.1) is 17.4 Å². The van der Waals surface area contributed by atoms with Crippen LogP contribution in [0.4, 0.5) is 5.69 Å². The molecule has 5 N–H and O–H groups in total. The van der Waals surface area contributed by atoms with Gasteiger partial charge in [-0.25, -0.2) is 13.2 Å². The first-order valence-electron chi connectivity index (χ1n) is 14.3. The van der Waals surface area contributed by atoms with Crippen LogP contribution in [0.2, 0.25) is 0 Å². The molecule has 1 aromatic carbocycles. The second-order valence-electron chi connectivity index (χ2n) is 11.6. The lowest BCUT2D eigenvalue weighted by molar-refractivity contribution is -0.157. The lowest BCUT2D eigenvalue weighted by Crippen LogP contribution is -2.46. The van der Waals surface area contributed by atoms with Crippen molar-refractivity contribution in [2.24, 2.45) is 5.92 Å². The molecule has 1 aliphatic rings. The van der Waals surface area contributed by atoms with Crippen LogP contribution in [0.5, 0.6) is 0 Å². The highest BCUT2D eigenvalue weighted by molar-refractivity contribution is 7.93. The molecule has 1 fully saturated rings. The lowest BCUT2D eigenvalue weighted by Gasteiger charge is -2.24. The SMILES string of the molecule is CC(C)(C)OC(=O)[C@H](CCC(=O)NC(=N)NC(=O)CC1CCCC1)NC(=O)c1sccc1NS(=O)(=O)c1cccc2nsnc12. The average molecular weight is 678 g/mol. The Labute approximate surface area is 268 Å². The molecule has 1 aliphatic carbocycles. The molecule has 3 amide bonds. The van der Waals surface area contributed by atoms with E-state index in [-0.39, 0.29) is 52.1 Å². The highest BCUT2D eigenvalue weighted by Crippen LogP contribution is 2.29. The fourth-order valence-electron chi connectivity index (χ4n) is 4.78. The molecule has 0 unspecified atom stereocenters. The molecule has 1 atom stereocenters. The minimum absolute atomic E-state index is 0.0137. The molecular formula is C28H35N7O7S3. The zero-order chi connectivity index (χ0) is 32.8. The molecule has 17 heteroatoms. The van der Waals surface area contributed by atoms with Crippen molar-refractivity contribution in [3.63, 3.8) is 0 Å². The summed E-state index contributed by atoms with van der Waals surface area (Å²) >= 11 is 1.82. The van der Waals surface area contributed by atoms with Gasteiger partial charge >= 0.3 is 5.97 Å². The van der Waals surface area contributed by atoms with Crippen LogP contribution in [0.3, 0.4) is 0 Å². The van der Waals surface area contributed by atoms with E-state index in [1.165, 1.54) is 23.6 Å². The molecule has 0 aliphatic heterocycles. The van der Waals surface area contributed by atoms with Gasteiger partial charge in [0.2, 0.25) is 17.8 Å². The number of guanidine groups is 1. The van der Waals surface area contributed by atoms with Gasteiger partial charge in [0.15, 0.2) is 0 Å². The summed E-state index contributed by atoms with van der Waals surface area (Å²) < 4.78 is 42.4. The van der Waals surface area contributed by atoms with Crippen molar-refractivity contribution < 1.29 is 32.3 Å². The summed E-state index contributed by atoms with van der Waals surface area (Å²) in [6.07, 6.45) is 3.88. The van der Waals surface area contributed by atoms with E-state index in [1.54, 1.807) is 26.8 Å².